The normalized spacial score (nSPS) is 14.6. The van der Waals surface area contributed by atoms with Crippen LogP contribution in [0.1, 0.15) is 15.9 Å². The first-order valence-corrected chi connectivity index (χ1v) is 10.9. The second kappa shape index (κ2) is 10.8. The Labute approximate surface area is 197 Å². The van der Waals surface area contributed by atoms with Gasteiger partial charge in [-0.25, -0.2) is 9.59 Å². The average molecular weight is 559 g/mol. The number of carbonyl (C=O) groups excluding carboxylic acids is 2. The molecule has 1 aliphatic heterocycles. The molecule has 1 saturated heterocycles. The zero-order valence-electron chi connectivity index (χ0n) is 16.3. The minimum absolute atomic E-state index is 0.0548. The molecule has 0 aliphatic carbocycles. The fourth-order valence-electron chi connectivity index (χ4n) is 2.98. The zero-order valence-corrected chi connectivity index (χ0v) is 19.3. The van der Waals surface area contributed by atoms with Crippen LogP contribution in [-0.4, -0.2) is 60.3 Å². The van der Waals surface area contributed by atoms with Gasteiger partial charge in [-0.2, -0.15) is 0 Å². The summed E-state index contributed by atoms with van der Waals surface area (Å²) in [5.74, 6) is -1.35. The molecule has 3 rings (SSSR count). The van der Waals surface area contributed by atoms with Gasteiger partial charge < -0.3 is 24.8 Å². The number of carbonyl (C=O) groups is 3. The molecule has 0 spiro atoms. The number of carboxylic acid groups (broad SMARTS) is 1. The van der Waals surface area contributed by atoms with Crippen LogP contribution in [0.2, 0.25) is 5.02 Å². The topological polar surface area (TPSA) is 105 Å². The van der Waals surface area contributed by atoms with E-state index in [1.54, 1.807) is 41.3 Å². The second-order valence-electron chi connectivity index (χ2n) is 6.78. The molecule has 2 amide bonds. The number of morpholine rings is 1. The summed E-state index contributed by atoms with van der Waals surface area (Å²) in [5, 5.41) is 12.3. The number of halogens is 2. The van der Waals surface area contributed by atoms with Gasteiger partial charge in [0.25, 0.3) is 5.91 Å². The summed E-state index contributed by atoms with van der Waals surface area (Å²) in [6.45, 7) is 1.89. The van der Waals surface area contributed by atoms with E-state index in [9.17, 15) is 19.5 Å². The third kappa shape index (κ3) is 6.31. The Morgan fingerprint density at radius 3 is 2.55 bits per heavy atom. The molecule has 8 nitrogen and oxygen atoms in total. The van der Waals surface area contributed by atoms with E-state index in [0.29, 0.717) is 41.2 Å². The quantitative estimate of drug-likeness (QED) is 0.528. The van der Waals surface area contributed by atoms with E-state index in [2.05, 4.69) is 5.32 Å². The Bertz CT molecular complexity index is 980. The molecule has 1 aliphatic rings. The lowest BCUT2D eigenvalue weighted by Gasteiger charge is -2.26. The van der Waals surface area contributed by atoms with E-state index >= 15 is 0 Å². The third-order valence-corrected chi connectivity index (χ3v) is 5.80. The SMILES string of the molecule is O=C(NC(Cc1ccc(OC(=O)N2CCOCC2)c(I)c1)C(=O)O)c1ccccc1Cl. The number of rotatable bonds is 6. The molecule has 2 aromatic carbocycles. The molecular weight excluding hydrogens is 539 g/mol. The van der Waals surface area contributed by atoms with E-state index in [4.69, 9.17) is 21.1 Å². The van der Waals surface area contributed by atoms with Gasteiger partial charge in [0.2, 0.25) is 0 Å². The number of hydrogen-bond donors (Lipinski definition) is 2. The van der Waals surface area contributed by atoms with Gasteiger partial charge in [0.15, 0.2) is 0 Å². The largest absolute Gasteiger partial charge is 0.480 e. The van der Waals surface area contributed by atoms with Crippen LogP contribution < -0.4 is 10.1 Å². The Morgan fingerprint density at radius 2 is 1.90 bits per heavy atom. The highest BCUT2D eigenvalue weighted by Gasteiger charge is 2.23. The number of aliphatic carboxylic acids is 1. The summed E-state index contributed by atoms with van der Waals surface area (Å²) in [7, 11) is 0. The molecule has 0 radical (unpaired) electrons. The molecule has 2 N–H and O–H groups in total. The van der Waals surface area contributed by atoms with Crippen LogP contribution in [0.25, 0.3) is 0 Å². The van der Waals surface area contributed by atoms with Gasteiger partial charge >= 0.3 is 12.1 Å². The van der Waals surface area contributed by atoms with Gasteiger partial charge in [-0.1, -0.05) is 29.8 Å². The Hall–Kier alpha value is -2.37. The molecule has 0 aromatic heterocycles. The van der Waals surface area contributed by atoms with Crippen molar-refractivity contribution in [2.45, 2.75) is 12.5 Å². The highest BCUT2D eigenvalue weighted by molar-refractivity contribution is 14.1. The minimum Gasteiger partial charge on any atom is -0.480 e. The van der Waals surface area contributed by atoms with E-state index in [0.717, 1.165) is 0 Å². The van der Waals surface area contributed by atoms with E-state index in [1.807, 2.05) is 22.6 Å². The fourth-order valence-corrected chi connectivity index (χ4v) is 3.89. The van der Waals surface area contributed by atoms with Crippen LogP contribution in [0.15, 0.2) is 42.5 Å². The van der Waals surface area contributed by atoms with Crippen molar-refractivity contribution in [1.82, 2.24) is 10.2 Å². The van der Waals surface area contributed by atoms with Gasteiger partial charge in [0.1, 0.15) is 11.8 Å². The standard InChI is InChI=1S/C21H20ClIN2O6/c22-15-4-2-1-3-14(15)19(26)24-17(20(27)28)12-13-5-6-18(16(23)11-13)31-21(29)25-7-9-30-10-8-25/h1-6,11,17H,7-10,12H2,(H,24,26)(H,27,28). The highest BCUT2D eigenvalue weighted by Crippen LogP contribution is 2.24. The van der Waals surface area contributed by atoms with Gasteiger partial charge in [-0.3, -0.25) is 4.79 Å². The maximum Gasteiger partial charge on any atom is 0.415 e. The van der Waals surface area contributed by atoms with Gasteiger partial charge in [-0.05, 0) is 52.4 Å². The predicted molar refractivity (Wildman–Crippen MR) is 122 cm³/mol. The number of benzene rings is 2. The first kappa shape index (κ1) is 23.3. The molecule has 0 saturated carbocycles. The van der Waals surface area contributed by atoms with Crippen LogP contribution in [0, 0.1) is 3.57 Å². The maximum atomic E-state index is 12.4. The highest BCUT2D eigenvalue weighted by atomic mass is 127. The molecule has 164 valence electrons. The molecule has 10 heteroatoms. The lowest BCUT2D eigenvalue weighted by atomic mass is 10.1. The average Bonchev–Trinajstić information content (AvgIpc) is 2.75. The van der Waals surface area contributed by atoms with Crippen molar-refractivity contribution in [1.29, 1.82) is 0 Å². The monoisotopic (exact) mass is 558 g/mol. The molecule has 0 bridgehead atoms. The fraction of sp³-hybridized carbons (Fsp3) is 0.286. The summed E-state index contributed by atoms with van der Waals surface area (Å²) in [4.78, 5) is 38.0. The first-order chi connectivity index (χ1) is 14.8. The zero-order chi connectivity index (χ0) is 22.4. The van der Waals surface area contributed by atoms with Crippen LogP contribution >= 0.6 is 34.2 Å². The minimum atomic E-state index is -1.17. The van der Waals surface area contributed by atoms with Crippen molar-refractivity contribution < 1.29 is 29.0 Å². The lowest BCUT2D eigenvalue weighted by Crippen LogP contribution is -2.42. The number of amides is 2. The van der Waals surface area contributed by atoms with Crippen LogP contribution in [0.3, 0.4) is 0 Å². The number of ether oxygens (including phenoxy) is 2. The van der Waals surface area contributed by atoms with Crippen molar-refractivity contribution in [3.63, 3.8) is 0 Å². The van der Waals surface area contributed by atoms with Gasteiger partial charge in [0, 0.05) is 19.5 Å². The molecule has 1 atom stereocenters. The summed E-state index contributed by atoms with van der Waals surface area (Å²) in [6, 6.07) is 10.3. The molecule has 1 fully saturated rings. The van der Waals surface area contributed by atoms with E-state index in [1.165, 1.54) is 6.07 Å². The molecular formula is C21H20ClIN2O6. The van der Waals surface area contributed by atoms with Gasteiger partial charge in [-0.15, -0.1) is 0 Å². The first-order valence-electron chi connectivity index (χ1n) is 9.46. The number of nitrogens with one attached hydrogen (secondary N) is 1. The van der Waals surface area contributed by atoms with E-state index < -0.39 is 24.0 Å². The summed E-state index contributed by atoms with van der Waals surface area (Å²) >= 11 is 8.04. The van der Waals surface area contributed by atoms with Crippen molar-refractivity contribution in [3.8, 4) is 5.75 Å². The summed E-state index contributed by atoms with van der Waals surface area (Å²) in [5.41, 5.74) is 0.873. The van der Waals surface area contributed by atoms with Crippen LogP contribution in [0.5, 0.6) is 5.75 Å². The number of carboxylic acids is 1. The second-order valence-corrected chi connectivity index (χ2v) is 8.35. The summed E-state index contributed by atoms with van der Waals surface area (Å²) < 4.78 is 11.3. The van der Waals surface area contributed by atoms with Crippen molar-refractivity contribution >= 4 is 52.2 Å². The molecule has 2 aromatic rings. The van der Waals surface area contributed by atoms with Crippen molar-refractivity contribution in [2.24, 2.45) is 0 Å². The third-order valence-electron chi connectivity index (χ3n) is 4.62. The number of hydrogen-bond acceptors (Lipinski definition) is 5. The molecule has 31 heavy (non-hydrogen) atoms. The molecule has 1 heterocycles. The van der Waals surface area contributed by atoms with Crippen LogP contribution in [-0.2, 0) is 16.0 Å². The van der Waals surface area contributed by atoms with Crippen LogP contribution in [0.4, 0.5) is 4.79 Å². The summed E-state index contributed by atoms with van der Waals surface area (Å²) in [6.07, 6.45) is -0.399. The Morgan fingerprint density at radius 1 is 1.19 bits per heavy atom. The van der Waals surface area contributed by atoms with E-state index in [-0.39, 0.29) is 17.0 Å². The lowest BCUT2D eigenvalue weighted by molar-refractivity contribution is -0.139. The number of nitrogens with zero attached hydrogens (tertiary/aromatic N) is 1. The predicted octanol–water partition coefficient (Wildman–Crippen LogP) is 3.20. The Balaban J connectivity index is 1.66. The van der Waals surface area contributed by atoms with Crippen molar-refractivity contribution in [3.05, 3.63) is 62.2 Å². The smallest absolute Gasteiger partial charge is 0.415 e. The Kier molecular flexibility index (Phi) is 8.10. The van der Waals surface area contributed by atoms with Gasteiger partial charge in [0.05, 0.1) is 27.4 Å². The molecule has 1 unspecified atom stereocenters. The van der Waals surface area contributed by atoms with Crippen molar-refractivity contribution in [2.75, 3.05) is 26.3 Å². The maximum absolute atomic E-state index is 12.4.